The molecule has 0 spiro atoms. The molecule has 72 valence electrons. The predicted molar refractivity (Wildman–Crippen MR) is 53.8 cm³/mol. The first-order valence-electron chi connectivity index (χ1n) is 3.69. The summed E-state index contributed by atoms with van der Waals surface area (Å²) in [6, 6.07) is 2.63. The third kappa shape index (κ3) is 1.36. The van der Waals surface area contributed by atoms with Crippen LogP contribution >= 0.6 is 22.9 Å². The van der Waals surface area contributed by atoms with E-state index >= 15 is 0 Å². The van der Waals surface area contributed by atoms with Crippen LogP contribution < -0.4 is 0 Å². The Hall–Kier alpha value is -1.13. The maximum atomic E-state index is 13.3. The quantitative estimate of drug-likeness (QED) is 0.815. The molecule has 5 heteroatoms. The summed E-state index contributed by atoms with van der Waals surface area (Å²) >= 11 is 6.69. The van der Waals surface area contributed by atoms with Crippen LogP contribution in [0.3, 0.4) is 0 Å². The molecule has 0 aliphatic heterocycles. The smallest absolute Gasteiger partial charge is 0.337 e. The molecule has 14 heavy (non-hydrogen) atoms. The molecular formula is C9H4ClFO2S. The highest BCUT2D eigenvalue weighted by molar-refractivity contribution is 7.17. The molecule has 0 fully saturated rings. The lowest BCUT2D eigenvalue weighted by molar-refractivity contribution is 0.0699. The number of aromatic carboxylic acids is 1. The number of fused-ring (bicyclic) bond motifs is 1. The van der Waals surface area contributed by atoms with Crippen molar-refractivity contribution in [2.75, 3.05) is 0 Å². The number of hydrogen-bond donors (Lipinski definition) is 1. The third-order valence-electron chi connectivity index (χ3n) is 1.82. The molecule has 1 aromatic carbocycles. The van der Waals surface area contributed by atoms with Crippen molar-refractivity contribution >= 4 is 39.0 Å². The van der Waals surface area contributed by atoms with Crippen LogP contribution in [-0.2, 0) is 0 Å². The van der Waals surface area contributed by atoms with Gasteiger partial charge in [0.05, 0.1) is 10.3 Å². The molecule has 1 aromatic heterocycles. The zero-order chi connectivity index (χ0) is 10.3. The van der Waals surface area contributed by atoms with Crippen LogP contribution in [0.4, 0.5) is 4.39 Å². The van der Waals surface area contributed by atoms with E-state index in [1.54, 1.807) is 0 Å². The Labute approximate surface area is 87.5 Å². The van der Waals surface area contributed by atoms with Crippen LogP contribution in [0.15, 0.2) is 17.5 Å². The van der Waals surface area contributed by atoms with Crippen LogP contribution in [0.2, 0.25) is 5.02 Å². The molecule has 1 N–H and O–H groups in total. The van der Waals surface area contributed by atoms with Gasteiger partial charge in [-0.05, 0) is 12.1 Å². The van der Waals surface area contributed by atoms with E-state index in [-0.39, 0.29) is 10.6 Å². The Bertz CT molecular complexity index is 521. The van der Waals surface area contributed by atoms with Gasteiger partial charge in [-0.15, -0.1) is 11.3 Å². The molecule has 0 amide bonds. The number of rotatable bonds is 1. The minimum atomic E-state index is -1.07. The highest BCUT2D eigenvalue weighted by Crippen LogP contribution is 2.31. The van der Waals surface area contributed by atoms with Crippen molar-refractivity contribution in [3.63, 3.8) is 0 Å². The van der Waals surface area contributed by atoms with Crippen LogP contribution in [0.1, 0.15) is 10.4 Å². The third-order valence-corrected chi connectivity index (χ3v) is 3.05. The number of carbonyl (C=O) groups is 1. The normalized spacial score (nSPS) is 10.7. The molecule has 0 bridgehead atoms. The summed E-state index contributed by atoms with van der Waals surface area (Å²) in [6.45, 7) is 0. The van der Waals surface area contributed by atoms with Crippen molar-refractivity contribution < 1.29 is 14.3 Å². The monoisotopic (exact) mass is 230 g/mol. The molecule has 0 aliphatic carbocycles. The average molecular weight is 231 g/mol. The Morgan fingerprint density at radius 1 is 1.50 bits per heavy atom. The van der Waals surface area contributed by atoms with Crippen LogP contribution in [0.25, 0.3) is 10.1 Å². The fourth-order valence-electron chi connectivity index (χ4n) is 1.23. The molecule has 0 saturated carbocycles. The largest absolute Gasteiger partial charge is 0.478 e. The summed E-state index contributed by atoms with van der Waals surface area (Å²) in [5.74, 6) is -1.55. The minimum Gasteiger partial charge on any atom is -0.478 e. The van der Waals surface area contributed by atoms with E-state index in [4.69, 9.17) is 16.7 Å². The summed E-state index contributed by atoms with van der Waals surface area (Å²) in [6.07, 6.45) is 0. The van der Waals surface area contributed by atoms with E-state index in [9.17, 15) is 9.18 Å². The zero-order valence-electron chi connectivity index (χ0n) is 6.75. The number of thiophene rings is 1. The van der Waals surface area contributed by atoms with Gasteiger partial charge >= 0.3 is 5.97 Å². The van der Waals surface area contributed by atoms with E-state index in [0.717, 1.165) is 11.3 Å². The molecule has 0 unspecified atom stereocenters. The number of benzene rings is 1. The van der Waals surface area contributed by atoms with Crippen LogP contribution in [0.5, 0.6) is 0 Å². The first-order chi connectivity index (χ1) is 6.59. The first-order valence-corrected chi connectivity index (χ1v) is 4.95. The zero-order valence-corrected chi connectivity index (χ0v) is 8.32. The molecular weight excluding hydrogens is 227 g/mol. The van der Waals surface area contributed by atoms with Gasteiger partial charge in [0, 0.05) is 15.8 Å². The topological polar surface area (TPSA) is 37.3 Å². The average Bonchev–Trinajstić information content (AvgIpc) is 2.47. The highest BCUT2D eigenvalue weighted by Gasteiger charge is 2.14. The van der Waals surface area contributed by atoms with Crippen molar-refractivity contribution in [3.05, 3.63) is 33.9 Å². The number of carboxylic acid groups (broad SMARTS) is 1. The standard InChI is InChI=1S/C9H4ClFO2S/c10-4-1-5-6(9(12)13)3-14-8(5)7(11)2-4/h1-3H,(H,12,13). The van der Waals surface area contributed by atoms with Gasteiger partial charge in [-0.3, -0.25) is 0 Å². The number of halogens is 2. The molecule has 2 aromatic rings. The van der Waals surface area contributed by atoms with Gasteiger partial charge in [0.25, 0.3) is 0 Å². The van der Waals surface area contributed by atoms with Crippen molar-refractivity contribution in [1.29, 1.82) is 0 Å². The molecule has 2 nitrogen and oxygen atoms in total. The van der Waals surface area contributed by atoms with Crippen molar-refractivity contribution in [3.8, 4) is 0 Å². The van der Waals surface area contributed by atoms with E-state index in [1.165, 1.54) is 17.5 Å². The summed E-state index contributed by atoms with van der Waals surface area (Å²) < 4.78 is 13.6. The lowest BCUT2D eigenvalue weighted by Crippen LogP contribution is -1.93. The van der Waals surface area contributed by atoms with Crippen molar-refractivity contribution in [1.82, 2.24) is 0 Å². The van der Waals surface area contributed by atoms with Gasteiger partial charge in [0.1, 0.15) is 5.82 Å². The van der Waals surface area contributed by atoms with Crippen molar-refractivity contribution in [2.45, 2.75) is 0 Å². The minimum absolute atomic E-state index is 0.0893. The molecule has 0 atom stereocenters. The summed E-state index contributed by atoms with van der Waals surface area (Å²) in [7, 11) is 0. The lowest BCUT2D eigenvalue weighted by atomic mass is 10.2. The molecule has 0 saturated heterocycles. The highest BCUT2D eigenvalue weighted by atomic mass is 35.5. The first kappa shape index (κ1) is 9.43. The Kier molecular flexibility index (Phi) is 2.17. The Morgan fingerprint density at radius 2 is 2.21 bits per heavy atom. The van der Waals surface area contributed by atoms with E-state index in [2.05, 4.69) is 0 Å². The second kappa shape index (κ2) is 3.22. The summed E-state index contributed by atoms with van der Waals surface area (Å²) in [5.41, 5.74) is 0.0893. The Balaban J connectivity index is 2.85. The maximum Gasteiger partial charge on any atom is 0.337 e. The van der Waals surface area contributed by atoms with Gasteiger partial charge in [0.15, 0.2) is 0 Å². The second-order valence-electron chi connectivity index (χ2n) is 2.72. The molecule has 0 radical (unpaired) electrons. The van der Waals surface area contributed by atoms with E-state index in [0.29, 0.717) is 10.1 Å². The summed E-state index contributed by atoms with van der Waals surface area (Å²) in [5, 5.41) is 10.8. The molecule has 1 heterocycles. The summed E-state index contributed by atoms with van der Waals surface area (Å²) in [4.78, 5) is 10.7. The van der Waals surface area contributed by atoms with Gasteiger partial charge in [-0.1, -0.05) is 11.6 Å². The van der Waals surface area contributed by atoms with Crippen LogP contribution in [0, 0.1) is 5.82 Å². The SMILES string of the molecule is O=C(O)c1csc2c(F)cc(Cl)cc12. The van der Waals surface area contributed by atoms with E-state index < -0.39 is 11.8 Å². The fraction of sp³-hybridized carbons (Fsp3) is 0. The van der Waals surface area contributed by atoms with Gasteiger partial charge in [0.2, 0.25) is 0 Å². The predicted octanol–water partition coefficient (Wildman–Crippen LogP) is 3.39. The van der Waals surface area contributed by atoms with Crippen molar-refractivity contribution in [2.24, 2.45) is 0 Å². The van der Waals surface area contributed by atoms with Gasteiger partial charge < -0.3 is 5.11 Å². The van der Waals surface area contributed by atoms with E-state index in [1.807, 2.05) is 0 Å². The fourth-order valence-corrected chi connectivity index (χ4v) is 2.36. The van der Waals surface area contributed by atoms with Crippen LogP contribution in [-0.4, -0.2) is 11.1 Å². The molecule has 2 rings (SSSR count). The number of hydrogen-bond acceptors (Lipinski definition) is 2. The lowest BCUT2D eigenvalue weighted by Gasteiger charge is -1.95. The molecule has 0 aliphatic rings. The second-order valence-corrected chi connectivity index (χ2v) is 4.03. The van der Waals surface area contributed by atoms with Gasteiger partial charge in [-0.25, -0.2) is 9.18 Å². The Morgan fingerprint density at radius 3 is 2.86 bits per heavy atom. The number of carboxylic acids is 1. The maximum absolute atomic E-state index is 13.3. The van der Waals surface area contributed by atoms with Gasteiger partial charge in [-0.2, -0.15) is 0 Å².